The molecule has 20 heavy (non-hydrogen) atoms. The summed E-state index contributed by atoms with van der Waals surface area (Å²) in [6.07, 6.45) is 6.35. The minimum absolute atomic E-state index is 0.168. The topological polar surface area (TPSA) is 78.0 Å². The van der Waals surface area contributed by atoms with Gasteiger partial charge in [0.15, 0.2) is 0 Å². The second kappa shape index (κ2) is 5.76. The largest absolute Gasteiger partial charge is 0.396 e. The fourth-order valence-electron chi connectivity index (χ4n) is 3.18. The highest BCUT2D eigenvalue weighted by atomic mass is 32.2. The Hall–Kier alpha value is -1.04. The monoisotopic (exact) mass is 299 g/mol. The third-order valence-corrected chi connectivity index (χ3v) is 5.99. The van der Waals surface area contributed by atoms with E-state index in [0.717, 1.165) is 49.2 Å². The fourth-order valence-corrected chi connectivity index (χ4v) is 4.35. The molecule has 5 nitrogen and oxygen atoms in total. The van der Waals surface area contributed by atoms with Gasteiger partial charge in [-0.15, -0.1) is 0 Å². The molecule has 2 rings (SSSR count). The van der Waals surface area contributed by atoms with Gasteiger partial charge in [0.1, 0.15) is 9.84 Å². The quantitative estimate of drug-likeness (QED) is 0.923. The molecule has 2 atom stereocenters. The first-order valence-electron chi connectivity index (χ1n) is 7.43. The molecule has 1 aliphatic carbocycles. The Morgan fingerprint density at radius 3 is 2.55 bits per heavy atom. The lowest BCUT2D eigenvalue weighted by Crippen LogP contribution is -2.30. The number of anilines is 1. The Morgan fingerprint density at radius 1 is 1.30 bits per heavy atom. The van der Waals surface area contributed by atoms with Crippen LogP contribution in [0.25, 0.3) is 0 Å². The predicted molar refractivity (Wildman–Crippen MR) is 81.5 cm³/mol. The number of nitrogen functional groups attached to an aromatic ring is 1. The van der Waals surface area contributed by atoms with E-state index in [0.29, 0.717) is 6.42 Å². The summed E-state index contributed by atoms with van der Waals surface area (Å²) in [6.45, 7) is 4.11. The molecule has 0 aromatic carbocycles. The van der Waals surface area contributed by atoms with E-state index < -0.39 is 9.84 Å². The van der Waals surface area contributed by atoms with E-state index in [4.69, 9.17) is 5.73 Å². The van der Waals surface area contributed by atoms with Crippen LogP contribution in [0, 0.1) is 0 Å². The SMILES string of the molecule is CCc1nn(C2CCCC(S(C)(=O)=O)C2)c(CC)c1N. The van der Waals surface area contributed by atoms with Gasteiger partial charge in [-0.25, -0.2) is 8.42 Å². The van der Waals surface area contributed by atoms with Crippen LogP contribution in [-0.4, -0.2) is 29.7 Å². The van der Waals surface area contributed by atoms with Crippen LogP contribution in [0.3, 0.4) is 0 Å². The van der Waals surface area contributed by atoms with Gasteiger partial charge in [-0.1, -0.05) is 20.3 Å². The minimum Gasteiger partial charge on any atom is -0.396 e. The third kappa shape index (κ3) is 2.85. The first kappa shape index (κ1) is 15.4. The molecular weight excluding hydrogens is 274 g/mol. The predicted octanol–water partition coefficient (Wildman–Crippen LogP) is 2.12. The maximum Gasteiger partial charge on any atom is 0.150 e. The number of sulfone groups is 1. The van der Waals surface area contributed by atoms with Crippen molar-refractivity contribution in [2.75, 3.05) is 12.0 Å². The van der Waals surface area contributed by atoms with Crippen molar-refractivity contribution in [3.05, 3.63) is 11.4 Å². The van der Waals surface area contributed by atoms with E-state index in [-0.39, 0.29) is 11.3 Å². The maximum absolute atomic E-state index is 11.8. The van der Waals surface area contributed by atoms with E-state index in [1.165, 1.54) is 6.26 Å². The summed E-state index contributed by atoms with van der Waals surface area (Å²) >= 11 is 0. The van der Waals surface area contributed by atoms with Crippen LogP contribution in [0.5, 0.6) is 0 Å². The van der Waals surface area contributed by atoms with Crippen molar-refractivity contribution in [1.82, 2.24) is 9.78 Å². The van der Waals surface area contributed by atoms with Crippen LogP contribution in [0.4, 0.5) is 5.69 Å². The Labute approximate surface area is 121 Å². The molecule has 1 heterocycles. The van der Waals surface area contributed by atoms with Crippen molar-refractivity contribution in [2.24, 2.45) is 0 Å². The molecule has 6 heteroatoms. The van der Waals surface area contributed by atoms with Crippen LogP contribution in [0.15, 0.2) is 0 Å². The number of nitrogens with zero attached hydrogens (tertiary/aromatic N) is 2. The van der Waals surface area contributed by atoms with Crippen molar-refractivity contribution in [3.63, 3.8) is 0 Å². The normalized spacial score (nSPS) is 23.9. The average Bonchev–Trinajstić information content (AvgIpc) is 2.74. The number of rotatable bonds is 4. The zero-order valence-corrected chi connectivity index (χ0v) is 13.4. The maximum atomic E-state index is 11.8. The molecular formula is C14H25N3O2S. The lowest BCUT2D eigenvalue weighted by Gasteiger charge is -2.29. The second-order valence-electron chi connectivity index (χ2n) is 5.73. The van der Waals surface area contributed by atoms with Crippen molar-refractivity contribution < 1.29 is 8.42 Å². The second-order valence-corrected chi connectivity index (χ2v) is 8.06. The Balaban J connectivity index is 2.31. The van der Waals surface area contributed by atoms with E-state index >= 15 is 0 Å². The summed E-state index contributed by atoms with van der Waals surface area (Å²) < 4.78 is 25.6. The first-order valence-corrected chi connectivity index (χ1v) is 9.38. The summed E-state index contributed by atoms with van der Waals surface area (Å²) in [5.41, 5.74) is 8.93. The zero-order chi connectivity index (χ0) is 14.9. The number of hydrogen-bond acceptors (Lipinski definition) is 4. The summed E-state index contributed by atoms with van der Waals surface area (Å²) in [7, 11) is -2.97. The molecule has 0 bridgehead atoms. The molecule has 1 aromatic rings. The van der Waals surface area contributed by atoms with E-state index in [2.05, 4.69) is 12.0 Å². The summed E-state index contributed by atoms with van der Waals surface area (Å²) in [5, 5.41) is 4.40. The molecule has 2 unspecified atom stereocenters. The molecule has 0 aliphatic heterocycles. The van der Waals surface area contributed by atoms with Crippen molar-refractivity contribution in [2.45, 2.75) is 63.7 Å². The number of nitrogens with two attached hydrogens (primary N) is 1. The van der Waals surface area contributed by atoms with Gasteiger partial charge in [-0.2, -0.15) is 5.10 Å². The van der Waals surface area contributed by atoms with Gasteiger partial charge in [-0.3, -0.25) is 4.68 Å². The smallest absolute Gasteiger partial charge is 0.150 e. The number of aromatic nitrogens is 2. The standard InChI is InChI=1S/C14H25N3O2S/c1-4-12-14(15)13(5-2)17(16-12)10-7-6-8-11(9-10)20(3,18)19/h10-11H,4-9,15H2,1-3H3. The molecule has 0 spiro atoms. The molecule has 1 aromatic heterocycles. The van der Waals surface area contributed by atoms with E-state index in [9.17, 15) is 8.42 Å². The zero-order valence-electron chi connectivity index (χ0n) is 12.6. The fraction of sp³-hybridized carbons (Fsp3) is 0.786. The van der Waals surface area contributed by atoms with E-state index in [1.54, 1.807) is 0 Å². The van der Waals surface area contributed by atoms with Gasteiger partial charge in [0.25, 0.3) is 0 Å². The summed E-state index contributed by atoms with van der Waals surface area (Å²) in [6, 6.07) is 0.168. The average molecular weight is 299 g/mol. The van der Waals surface area contributed by atoms with E-state index in [1.807, 2.05) is 11.6 Å². The Bertz CT molecular complexity index is 577. The Kier molecular flexibility index (Phi) is 4.42. The van der Waals surface area contributed by atoms with Crippen molar-refractivity contribution in [3.8, 4) is 0 Å². The van der Waals surface area contributed by atoms with Crippen LogP contribution >= 0.6 is 0 Å². The lowest BCUT2D eigenvalue weighted by atomic mass is 9.95. The van der Waals surface area contributed by atoms with Crippen molar-refractivity contribution in [1.29, 1.82) is 0 Å². The highest BCUT2D eigenvalue weighted by Gasteiger charge is 2.31. The highest BCUT2D eigenvalue weighted by Crippen LogP contribution is 2.34. The molecule has 114 valence electrons. The van der Waals surface area contributed by atoms with Crippen LogP contribution in [-0.2, 0) is 22.7 Å². The summed E-state index contributed by atoms with van der Waals surface area (Å²) in [4.78, 5) is 0. The molecule has 0 saturated heterocycles. The summed E-state index contributed by atoms with van der Waals surface area (Å²) in [5.74, 6) is 0. The van der Waals surface area contributed by atoms with Gasteiger partial charge < -0.3 is 5.73 Å². The minimum atomic E-state index is -2.97. The number of aryl methyl sites for hydroxylation is 1. The van der Waals surface area contributed by atoms with Crippen LogP contribution in [0.1, 0.15) is 57.0 Å². The number of hydrogen-bond donors (Lipinski definition) is 1. The molecule has 2 N–H and O–H groups in total. The van der Waals surface area contributed by atoms with Crippen molar-refractivity contribution >= 4 is 15.5 Å². The lowest BCUT2D eigenvalue weighted by molar-refractivity contribution is 0.322. The molecule has 1 saturated carbocycles. The van der Waals surface area contributed by atoms with Gasteiger partial charge in [0.05, 0.1) is 28.4 Å². The molecule has 0 radical (unpaired) electrons. The highest BCUT2D eigenvalue weighted by molar-refractivity contribution is 7.91. The van der Waals surface area contributed by atoms with Crippen LogP contribution < -0.4 is 5.73 Å². The third-order valence-electron chi connectivity index (χ3n) is 4.35. The Morgan fingerprint density at radius 2 is 2.00 bits per heavy atom. The van der Waals surface area contributed by atoms with Gasteiger partial charge in [-0.05, 0) is 32.1 Å². The molecule has 0 amide bonds. The molecule has 1 fully saturated rings. The van der Waals surface area contributed by atoms with Gasteiger partial charge in [0.2, 0.25) is 0 Å². The van der Waals surface area contributed by atoms with Gasteiger partial charge >= 0.3 is 0 Å². The van der Waals surface area contributed by atoms with Crippen LogP contribution in [0.2, 0.25) is 0 Å². The van der Waals surface area contributed by atoms with Gasteiger partial charge in [0, 0.05) is 6.26 Å². The first-order chi connectivity index (χ1) is 9.38. The molecule has 1 aliphatic rings.